The minimum atomic E-state index is -0.222. The Bertz CT molecular complexity index is 248. The molecule has 3 atom stereocenters. The summed E-state index contributed by atoms with van der Waals surface area (Å²) in [5, 5.41) is 2.98. The van der Waals surface area contributed by atoms with Crippen LogP contribution >= 0.6 is 0 Å². The molecule has 0 aromatic carbocycles. The summed E-state index contributed by atoms with van der Waals surface area (Å²) in [7, 11) is 5.28. The third kappa shape index (κ3) is 3.94. The number of methoxy groups -OCH3 is 1. The number of rotatable bonds is 6. The van der Waals surface area contributed by atoms with Crippen LogP contribution < -0.4 is 5.32 Å². The van der Waals surface area contributed by atoms with Crippen LogP contribution in [0.25, 0.3) is 0 Å². The van der Waals surface area contributed by atoms with E-state index in [0.717, 1.165) is 26.0 Å². The van der Waals surface area contributed by atoms with Crippen LogP contribution in [0.5, 0.6) is 0 Å². The Hall–Kier alpha value is -0.650. The second kappa shape index (κ2) is 6.93. The minimum absolute atomic E-state index is 0.198. The van der Waals surface area contributed by atoms with Gasteiger partial charge in [-0.15, -0.1) is 0 Å². The van der Waals surface area contributed by atoms with Crippen LogP contribution in [0.4, 0.5) is 0 Å². The van der Waals surface area contributed by atoms with E-state index in [4.69, 9.17) is 9.47 Å². The van der Waals surface area contributed by atoms with Crippen LogP contribution in [0, 0.1) is 0 Å². The number of hydrogen-bond donors (Lipinski definition) is 1. The molecule has 0 aromatic heterocycles. The number of carbonyl (C=O) groups is 1. The highest BCUT2D eigenvalue weighted by Crippen LogP contribution is 2.18. The number of esters is 1. The number of likely N-dealkylation sites (N-methyl/N-ethyl adjacent to an activating group) is 2. The van der Waals surface area contributed by atoms with E-state index >= 15 is 0 Å². The normalized spacial score (nSPS) is 26.2. The Morgan fingerprint density at radius 1 is 1.65 bits per heavy atom. The third-order valence-corrected chi connectivity index (χ3v) is 3.51. The minimum Gasteiger partial charge on any atom is -0.468 e. The molecule has 0 aliphatic carbocycles. The van der Waals surface area contributed by atoms with E-state index in [-0.39, 0.29) is 18.1 Å². The largest absolute Gasteiger partial charge is 0.468 e. The van der Waals surface area contributed by atoms with E-state index in [0.29, 0.717) is 6.04 Å². The lowest BCUT2D eigenvalue weighted by atomic mass is 10.1. The molecule has 5 heteroatoms. The van der Waals surface area contributed by atoms with Gasteiger partial charge in [-0.3, -0.25) is 4.79 Å². The topological polar surface area (TPSA) is 50.8 Å². The molecule has 1 aliphatic heterocycles. The van der Waals surface area contributed by atoms with Gasteiger partial charge >= 0.3 is 5.97 Å². The average Bonchev–Trinajstić information content (AvgIpc) is 2.75. The van der Waals surface area contributed by atoms with Crippen molar-refractivity contribution in [2.75, 3.05) is 34.4 Å². The SMILES string of the molecule is CNC(CCN(C)C1CCOC1C)C(=O)OC. The van der Waals surface area contributed by atoms with E-state index in [9.17, 15) is 4.79 Å². The fourth-order valence-electron chi connectivity index (χ4n) is 2.32. The second-order valence-electron chi connectivity index (χ2n) is 4.57. The van der Waals surface area contributed by atoms with Gasteiger partial charge < -0.3 is 19.7 Å². The van der Waals surface area contributed by atoms with Crippen LogP contribution in [0.15, 0.2) is 0 Å². The molecule has 1 saturated heterocycles. The van der Waals surface area contributed by atoms with Crippen LogP contribution in [-0.4, -0.2) is 63.4 Å². The average molecular weight is 244 g/mol. The standard InChI is InChI=1S/C12H24N2O3/c1-9-11(6-8-17-9)14(3)7-5-10(13-2)12(15)16-4/h9-11,13H,5-8H2,1-4H3. The molecule has 0 amide bonds. The quantitative estimate of drug-likeness (QED) is 0.679. The first-order valence-electron chi connectivity index (χ1n) is 6.17. The molecule has 100 valence electrons. The zero-order valence-corrected chi connectivity index (χ0v) is 11.2. The lowest BCUT2D eigenvalue weighted by Crippen LogP contribution is -2.42. The molecule has 1 aliphatic rings. The number of ether oxygens (including phenoxy) is 2. The molecule has 1 heterocycles. The molecule has 17 heavy (non-hydrogen) atoms. The van der Waals surface area contributed by atoms with Gasteiger partial charge in [-0.1, -0.05) is 0 Å². The molecule has 1 N–H and O–H groups in total. The summed E-state index contributed by atoms with van der Waals surface area (Å²) in [5.74, 6) is -0.198. The molecular weight excluding hydrogens is 220 g/mol. The first kappa shape index (κ1) is 14.4. The summed E-state index contributed by atoms with van der Waals surface area (Å²) in [6.07, 6.45) is 2.11. The van der Waals surface area contributed by atoms with Crippen molar-refractivity contribution in [3.8, 4) is 0 Å². The van der Waals surface area contributed by atoms with Gasteiger partial charge in [-0.2, -0.15) is 0 Å². The monoisotopic (exact) mass is 244 g/mol. The highest BCUT2D eigenvalue weighted by Gasteiger charge is 2.28. The Morgan fingerprint density at radius 2 is 2.35 bits per heavy atom. The van der Waals surface area contributed by atoms with Crippen molar-refractivity contribution in [1.29, 1.82) is 0 Å². The van der Waals surface area contributed by atoms with Crippen molar-refractivity contribution in [3.63, 3.8) is 0 Å². The Morgan fingerprint density at radius 3 is 2.82 bits per heavy atom. The number of nitrogens with one attached hydrogen (secondary N) is 1. The van der Waals surface area contributed by atoms with Crippen LogP contribution in [0.1, 0.15) is 19.8 Å². The van der Waals surface area contributed by atoms with Crippen LogP contribution in [0.2, 0.25) is 0 Å². The number of hydrogen-bond acceptors (Lipinski definition) is 5. The van der Waals surface area contributed by atoms with Crippen molar-refractivity contribution >= 4 is 5.97 Å². The Kier molecular flexibility index (Phi) is 5.88. The van der Waals surface area contributed by atoms with Gasteiger partial charge in [0.1, 0.15) is 6.04 Å². The number of carbonyl (C=O) groups excluding carboxylic acids is 1. The molecule has 1 fully saturated rings. The van der Waals surface area contributed by atoms with Crippen molar-refractivity contribution in [2.24, 2.45) is 0 Å². The van der Waals surface area contributed by atoms with E-state index in [1.807, 2.05) is 0 Å². The fraction of sp³-hybridized carbons (Fsp3) is 0.917. The van der Waals surface area contributed by atoms with Crippen molar-refractivity contribution in [2.45, 2.75) is 38.0 Å². The van der Waals surface area contributed by atoms with Gasteiger partial charge in [0.15, 0.2) is 0 Å². The first-order valence-corrected chi connectivity index (χ1v) is 6.17. The smallest absolute Gasteiger partial charge is 0.322 e. The lowest BCUT2D eigenvalue weighted by Gasteiger charge is -2.27. The van der Waals surface area contributed by atoms with Crippen molar-refractivity contribution in [1.82, 2.24) is 10.2 Å². The molecule has 1 rings (SSSR count). The molecule has 5 nitrogen and oxygen atoms in total. The second-order valence-corrected chi connectivity index (χ2v) is 4.57. The van der Waals surface area contributed by atoms with Gasteiger partial charge in [0.25, 0.3) is 0 Å². The maximum atomic E-state index is 11.4. The zero-order valence-electron chi connectivity index (χ0n) is 11.2. The van der Waals surface area contributed by atoms with E-state index < -0.39 is 0 Å². The van der Waals surface area contributed by atoms with Crippen molar-refractivity contribution < 1.29 is 14.3 Å². The predicted molar refractivity (Wildman–Crippen MR) is 65.9 cm³/mol. The summed E-state index contributed by atoms with van der Waals surface area (Å²) in [6, 6.07) is 0.241. The summed E-state index contributed by atoms with van der Waals surface area (Å²) in [6.45, 7) is 3.80. The van der Waals surface area contributed by atoms with Gasteiger partial charge in [0.05, 0.1) is 13.2 Å². The summed E-state index contributed by atoms with van der Waals surface area (Å²) in [4.78, 5) is 13.7. The molecule has 0 aromatic rings. The van der Waals surface area contributed by atoms with Gasteiger partial charge in [0, 0.05) is 19.2 Å². The van der Waals surface area contributed by atoms with Crippen molar-refractivity contribution in [3.05, 3.63) is 0 Å². The molecule has 0 bridgehead atoms. The Balaban J connectivity index is 2.35. The van der Waals surface area contributed by atoms with Gasteiger partial charge in [-0.05, 0) is 33.9 Å². The first-order chi connectivity index (χ1) is 8.10. The van der Waals surface area contributed by atoms with Crippen LogP contribution in [0.3, 0.4) is 0 Å². The third-order valence-electron chi connectivity index (χ3n) is 3.51. The predicted octanol–water partition coefficient (Wildman–Crippen LogP) is 0.247. The van der Waals surface area contributed by atoms with E-state index in [1.165, 1.54) is 7.11 Å². The van der Waals surface area contributed by atoms with Gasteiger partial charge in [-0.25, -0.2) is 0 Å². The van der Waals surface area contributed by atoms with Gasteiger partial charge in [0.2, 0.25) is 0 Å². The molecular formula is C12H24N2O3. The molecule has 0 spiro atoms. The van der Waals surface area contributed by atoms with E-state index in [2.05, 4.69) is 24.2 Å². The Labute approximate surface area is 103 Å². The molecule has 3 unspecified atom stereocenters. The lowest BCUT2D eigenvalue weighted by molar-refractivity contribution is -0.143. The highest BCUT2D eigenvalue weighted by molar-refractivity contribution is 5.75. The highest BCUT2D eigenvalue weighted by atomic mass is 16.5. The summed E-state index contributed by atoms with van der Waals surface area (Å²) >= 11 is 0. The fourth-order valence-corrected chi connectivity index (χ4v) is 2.32. The number of nitrogens with zero attached hydrogens (tertiary/aromatic N) is 1. The molecule has 0 radical (unpaired) electrons. The summed E-state index contributed by atoms with van der Waals surface area (Å²) < 4.78 is 10.3. The zero-order chi connectivity index (χ0) is 12.8. The van der Waals surface area contributed by atoms with E-state index in [1.54, 1.807) is 7.05 Å². The van der Waals surface area contributed by atoms with Crippen LogP contribution in [-0.2, 0) is 14.3 Å². The maximum Gasteiger partial charge on any atom is 0.322 e. The summed E-state index contributed by atoms with van der Waals surface area (Å²) in [5.41, 5.74) is 0. The molecule has 0 saturated carbocycles. The maximum absolute atomic E-state index is 11.4.